The lowest BCUT2D eigenvalue weighted by Gasteiger charge is -2.24. The van der Waals surface area contributed by atoms with Crippen LogP contribution in [0.15, 0.2) is 0 Å². The standard InChI is InChI=1S/C7H10Cl2O5/c1-12-4(8)7(9,5(10)13-2)6(11)14-3/h4H,1-3H3. The zero-order chi connectivity index (χ0) is 11.4. The molecule has 0 bridgehead atoms. The summed E-state index contributed by atoms with van der Waals surface area (Å²) in [6.45, 7) is 0. The number of hydrogen-bond donors (Lipinski definition) is 0. The molecule has 0 fully saturated rings. The van der Waals surface area contributed by atoms with Gasteiger partial charge in [0, 0.05) is 7.11 Å². The molecule has 0 spiro atoms. The van der Waals surface area contributed by atoms with Gasteiger partial charge in [-0.3, -0.25) is 0 Å². The van der Waals surface area contributed by atoms with Gasteiger partial charge in [0.1, 0.15) is 0 Å². The number of esters is 2. The van der Waals surface area contributed by atoms with Crippen LogP contribution in [0.25, 0.3) is 0 Å². The van der Waals surface area contributed by atoms with Gasteiger partial charge in [-0.05, 0) is 0 Å². The van der Waals surface area contributed by atoms with Crippen molar-refractivity contribution >= 4 is 35.1 Å². The Kier molecular flexibility index (Phi) is 5.18. The molecular formula is C7H10Cl2O5. The average Bonchev–Trinajstić information content (AvgIpc) is 2.24. The fourth-order valence-corrected chi connectivity index (χ4v) is 1.15. The molecule has 0 rings (SSSR count). The number of carbonyl (C=O) groups is 2. The number of hydrogen-bond acceptors (Lipinski definition) is 5. The fourth-order valence-electron chi connectivity index (χ4n) is 0.728. The molecule has 0 heterocycles. The molecule has 0 saturated heterocycles. The van der Waals surface area contributed by atoms with Crippen LogP contribution in [0.5, 0.6) is 0 Å². The predicted molar refractivity (Wildman–Crippen MR) is 49.3 cm³/mol. The van der Waals surface area contributed by atoms with Crippen LogP contribution in [-0.2, 0) is 23.8 Å². The largest absolute Gasteiger partial charge is 0.467 e. The van der Waals surface area contributed by atoms with Crippen molar-refractivity contribution in [1.82, 2.24) is 0 Å². The lowest BCUT2D eigenvalue weighted by atomic mass is 10.1. The highest BCUT2D eigenvalue weighted by molar-refractivity contribution is 6.49. The van der Waals surface area contributed by atoms with Gasteiger partial charge in [-0.2, -0.15) is 0 Å². The highest BCUT2D eigenvalue weighted by atomic mass is 35.5. The van der Waals surface area contributed by atoms with E-state index in [1.807, 2.05) is 0 Å². The molecule has 0 aliphatic heterocycles. The van der Waals surface area contributed by atoms with Gasteiger partial charge in [-0.25, -0.2) is 9.59 Å². The Morgan fingerprint density at radius 2 is 1.50 bits per heavy atom. The second-order valence-electron chi connectivity index (χ2n) is 2.25. The molecule has 0 aromatic rings. The molecule has 14 heavy (non-hydrogen) atoms. The molecular weight excluding hydrogens is 235 g/mol. The molecule has 0 radical (unpaired) electrons. The summed E-state index contributed by atoms with van der Waals surface area (Å²) >= 11 is 11.2. The average molecular weight is 245 g/mol. The SMILES string of the molecule is COC(=O)C(Cl)(C(=O)OC)C(Cl)OC. The van der Waals surface area contributed by atoms with Crippen molar-refractivity contribution in [2.24, 2.45) is 0 Å². The molecule has 0 saturated carbocycles. The van der Waals surface area contributed by atoms with Crippen molar-refractivity contribution in [3.8, 4) is 0 Å². The van der Waals surface area contributed by atoms with Crippen LogP contribution < -0.4 is 0 Å². The Labute approximate surface area is 91.2 Å². The molecule has 7 heteroatoms. The smallest absolute Gasteiger partial charge is 0.342 e. The highest BCUT2D eigenvalue weighted by Crippen LogP contribution is 2.28. The van der Waals surface area contributed by atoms with Gasteiger partial charge in [0.25, 0.3) is 4.87 Å². The maximum Gasteiger partial charge on any atom is 0.342 e. The summed E-state index contributed by atoms with van der Waals surface area (Å²) in [5, 5.41) is 0. The zero-order valence-corrected chi connectivity index (χ0v) is 9.39. The first kappa shape index (κ1) is 13.5. The monoisotopic (exact) mass is 244 g/mol. The third-order valence-electron chi connectivity index (χ3n) is 1.48. The number of alkyl halides is 2. The van der Waals surface area contributed by atoms with Crippen molar-refractivity contribution in [1.29, 1.82) is 0 Å². The van der Waals surface area contributed by atoms with Crippen molar-refractivity contribution in [2.75, 3.05) is 21.3 Å². The third-order valence-corrected chi connectivity index (χ3v) is 2.61. The minimum atomic E-state index is -2.18. The summed E-state index contributed by atoms with van der Waals surface area (Å²) in [4.78, 5) is 20.2. The third kappa shape index (κ3) is 2.29. The lowest BCUT2D eigenvalue weighted by molar-refractivity contribution is -0.159. The van der Waals surface area contributed by atoms with E-state index in [0.29, 0.717) is 0 Å². The van der Waals surface area contributed by atoms with Crippen LogP contribution in [0.2, 0.25) is 0 Å². The Morgan fingerprint density at radius 1 is 1.14 bits per heavy atom. The zero-order valence-electron chi connectivity index (χ0n) is 7.87. The molecule has 0 amide bonds. The lowest BCUT2D eigenvalue weighted by Crippen LogP contribution is -2.51. The van der Waals surface area contributed by atoms with E-state index in [4.69, 9.17) is 23.2 Å². The number of halogens is 2. The van der Waals surface area contributed by atoms with E-state index in [1.54, 1.807) is 0 Å². The van der Waals surface area contributed by atoms with E-state index in [9.17, 15) is 9.59 Å². The van der Waals surface area contributed by atoms with Crippen LogP contribution in [0.4, 0.5) is 0 Å². The van der Waals surface area contributed by atoms with E-state index >= 15 is 0 Å². The second-order valence-corrected chi connectivity index (χ2v) is 3.24. The minimum absolute atomic E-state index is 1.03. The summed E-state index contributed by atoms with van der Waals surface area (Å²) in [5.41, 5.74) is -1.37. The summed E-state index contributed by atoms with van der Waals surface area (Å²) in [6, 6.07) is 0. The number of ether oxygens (including phenoxy) is 3. The minimum Gasteiger partial charge on any atom is -0.467 e. The summed E-state index contributed by atoms with van der Waals surface area (Å²) in [7, 11) is 3.34. The molecule has 0 aliphatic carbocycles. The maximum atomic E-state index is 11.2. The van der Waals surface area contributed by atoms with Gasteiger partial charge in [0.2, 0.25) is 0 Å². The molecule has 5 nitrogen and oxygen atoms in total. The Morgan fingerprint density at radius 3 is 1.71 bits per heavy atom. The van der Waals surface area contributed by atoms with E-state index in [2.05, 4.69) is 14.2 Å². The summed E-state index contributed by atoms with van der Waals surface area (Å²) in [5.74, 6) is -2.07. The van der Waals surface area contributed by atoms with Crippen molar-refractivity contribution in [2.45, 2.75) is 10.4 Å². The van der Waals surface area contributed by atoms with Gasteiger partial charge in [-0.15, -0.1) is 0 Å². The van der Waals surface area contributed by atoms with Gasteiger partial charge in [0.05, 0.1) is 14.2 Å². The van der Waals surface area contributed by atoms with Gasteiger partial charge < -0.3 is 14.2 Å². The quantitative estimate of drug-likeness (QED) is 0.410. The predicted octanol–water partition coefficient (Wildman–Crippen LogP) is 0.521. The number of carbonyl (C=O) groups excluding carboxylic acids is 2. The maximum absolute atomic E-state index is 11.2. The van der Waals surface area contributed by atoms with Crippen molar-refractivity contribution in [3.63, 3.8) is 0 Å². The molecule has 0 aromatic heterocycles. The van der Waals surface area contributed by atoms with E-state index in [-0.39, 0.29) is 0 Å². The Hall–Kier alpha value is -0.520. The Bertz CT molecular complexity index is 214. The van der Waals surface area contributed by atoms with E-state index < -0.39 is 22.4 Å². The highest BCUT2D eigenvalue weighted by Gasteiger charge is 2.53. The van der Waals surface area contributed by atoms with E-state index in [0.717, 1.165) is 14.2 Å². The van der Waals surface area contributed by atoms with Gasteiger partial charge in [0.15, 0.2) is 5.56 Å². The molecule has 0 aliphatic rings. The molecule has 1 unspecified atom stereocenters. The molecule has 0 aromatic carbocycles. The first-order valence-corrected chi connectivity index (χ1v) is 4.29. The van der Waals surface area contributed by atoms with E-state index in [1.165, 1.54) is 7.11 Å². The first-order chi connectivity index (χ1) is 6.44. The topological polar surface area (TPSA) is 61.8 Å². The summed E-state index contributed by atoms with van der Waals surface area (Å²) in [6.07, 6.45) is 0. The van der Waals surface area contributed by atoms with Gasteiger partial charge >= 0.3 is 11.9 Å². The number of rotatable bonds is 4. The van der Waals surface area contributed by atoms with Crippen molar-refractivity contribution in [3.05, 3.63) is 0 Å². The molecule has 1 atom stereocenters. The van der Waals surface area contributed by atoms with Crippen LogP contribution in [-0.4, -0.2) is 43.7 Å². The van der Waals surface area contributed by atoms with Crippen LogP contribution in [0, 0.1) is 0 Å². The van der Waals surface area contributed by atoms with Crippen molar-refractivity contribution < 1.29 is 23.8 Å². The number of methoxy groups -OCH3 is 3. The molecule has 0 N–H and O–H groups in total. The van der Waals surface area contributed by atoms with Crippen LogP contribution >= 0.6 is 23.2 Å². The van der Waals surface area contributed by atoms with Crippen LogP contribution in [0.1, 0.15) is 0 Å². The first-order valence-electron chi connectivity index (χ1n) is 3.47. The fraction of sp³-hybridized carbons (Fsp3) is 0.714. The second kappa shape index (κ2) is 5.38. The molecule has 82 valence electrons. The van der Waals surface area contributed by atoms with Crippen LogP contribution in [0.3, 0.4) is 0 Å². The van der Waals surface area contributed by atoms with Gasteiger partial charge in [-0.1, -0.05) is 23.2 Å². The normalized spacial score (nSPS) is 13.2. The Balaban J connectivity index is 5.03. The summed E-state index contributed by atoms with van der Waals surface area (Å²) < 4.78 is 13.2.